The fourth-order valence-electron chi connectivity index (χ4n) is 3.16. The lowest BCUT2D eigenvalue weighted by molar-refractivity contribution is 0.0531. The van der Waals surface area contributed by atoms with E-state index in [1.54, 1.807) is 18.7 Å². The van der Waals surface area contributed by atoms with Gasteiger partial charge in [-0.05, 0) is 33.3 Å². The quantitative estimate of drug-likeness (QED) is 0.740. The molecule has 1 aliphatic heterocycles. The third kappa shape index (κ3) is 3.83. The maximum absolute atomic E-state index is 12.3. The molecule has 1 amide bonds. The number of carbonyl (C=O) groups is 2. The monoisotopic (exact) mass is 392 g/mol. The molecule has 0 saturated carbocycles. The molecule has 3 rings (SSSR count). The highest BCUT2D eigenvalue weighted by Crippen LogP contribution is 2.36. The lowest BCUT2D eigenvalue weighted by Gasteiger charge is -2.35. The second-order valence-electron chi connectivity index (χ2n) is 6.22. The molecule has 0 N–H and O–H groups in total. The van der Waals surface area contributed by atoms with Gasteiger partial charge in [0.25, 0.3) is 0 Å². The van der Waals surface area contributed by atoms with E-state index < -0.39 is 0 Å². The third-order valence-corrected chi connectivity index (χ3v) is 5.61. The van der Waals surface area contributed by atoms with Crippen molar-refractivity contribution in [2.24, 2.45) is 0 Å². The molecule has 0 bridgehead atoms. The summed E-state index contributed by atoms with van der Waals surface area (Å²) < 4.78 is 10.2. The molecule has 9 heteroatoms. The van der Waals surface area contributed by atoms with E-state index in [0.29, 0.717) is 50.1 Å². The van der Waals surface area contributed by atoms with E-state index in [2.05, 4.69) is 14.9 Å². The smallest absolute Gasteiger partial charge is 0.409 e. The predicted molar refractivity (Wildman–Crippen MR) is 104 cm³/mol. The minimum Gasteiger partial charge on any atom is -0.462 e. The summed E-state index contributed by atoms with van der Waals surface area (Å²) in [6.45, 7) is 10.5. The minimum absolute atomic E-state index is 0.280. The molecular formula is C18H24N4O4S. The molecule has 0 radical (unpaired) electrons. The van der Waals surface area contributed by atoms with E-state index in [1.165, 1.54) is 11.3 Å². The van der Waals surface area contributed by atoms with E-state index in [-0.39, 0.29) is 12.1 Å². The molecule has 3 heterocycles. The second-order valence-corrected chi connectivity index (χ2v) is 7.22. The molecule has 8 nitrogen and oxygen atoms in total. The first-order chi connectivity index (χ1) is 13.0. The summed E-state index contributed by atoms with van der Waals surface area (Å²) in [5.41, 5.74) is 0.844. The molecule has 0 spiro atoms. The lowest BCUT2D eigenvalue weighted by Crippen LogP contribution is -2.49. The number of hydrogen-bond acceptors (Lipinski definition) is 8. The number of aryl methyl sites for hydroxylation is 2. The lowest BCUT2D eigenvalue weighted by atomic mass is 10.2. The van der Waals surface area contributed by atoms with Crippen LogP contribution in [0.25, 0.3) is 10.2 Å². The zero-order valence-corrected chi connectivity index (χ0v) is 16.9. The molecule has 1 aliphatic rings. The van der Waals surface area contributed by atoms with Crippen LogP contribution in [0.1, 0.15) is 34.9 Å². The van der Waals surface area contributed by atoms with Crippen molar-refractivity contribution >= 4 is 39.4 Å². The number of piperazine rings is 1. The maximum atomic E-state index is 12.3. The molecule has 1 saturated heterocycles. The summed E-state index contributed by atoms with van der Waals surface area (Å²) in [7, 11) is 0. The van der Waals surface area contributed by atoms with Crippen LogP contribution in [0.3, 0.4) is 0 Å². The molecule has 0 unspecified atom stereocenters. The van der Waals surface area contributed by atoms with Gasteiger partial charge in [0.05, 0.1) is 18.6 Å². The second kappa shape index (κ2) is 8.08. The van der Waals surface area contributed by atoms with Crippen LogP contribution in [0.5, 0.6) is 0 Å². The topological polar surface area (TPSA) is 84.9 Å². The van der Waals surface area contributed by atoms with Gasteiger partial charge in [0, 0.05) is 26.2 Å². The highest BCUT2D eigenvalue weighted by molar-refractivity contribution is 7.20. The third-order valence-electron chi connectivity index (χ3n) is 4.45. The molecular weight excluding hydrogens is 368 g/mol. The summed E-state index contributed by atoms with van der Waals surface area (Å²) in [6.07, 6.45) is -0.280. The van der Waals surface area contributed by atoms with Gasteiger partial charge in [0.1, 0.15) is 21.3 Å². The largest absolute Gasteiger partial charge is 0.462 e. The number of fused-ring (bicyclic) bond motifs is 1. The van der Waals surface area contributed by atoms with Crippen LogP contribution < -0.4 is 4.90 Å². The van der Waals surface area contributed by atoms with Crippen LogP contribution in [0.2, 0.25) is 0 Å². The van der Waals surface area contributed by atoms with Crippen molar-refractivity contribution in [2.45, 2.75) is 27.7 Å². The standard InChI is InChI=1S/C18H24N4O4S/c1-5-25-17(23)14-11(3)13-15(19-12(4)20-16(13)27-14)21-7-9-22(10-8-21)18(24)26-6-2/h5-10H2,1-4H3. The van der Waals surface area contributed by atoms with Crippen molar-refractivity contribution in [1.82, 2.24) is 14.9 Å². The Balaban J connectivity index is 1.91. The number of nitrogens with zero attached hydrogens (tertiary/aromatic N) is 4. The maximum Gasteiger partial charge on any atom is 0.409 e. The van der Waals surface area contributed by atoms with E-state index in [9.17, 15) is 9.59 Å². The van der Waals surface area contributed by atoms with Gasteiger partial charge in [0.2, 0.25) is 0 Å². The first kappa shape index (κ1) is 19.3. The average molecular weight is 392 g/mol. The number of ether oxygens (including phenoxy) is 2. The molecule has 146 valence electrons. The van der Waals surface area contributed by atoms with Gasteiger partial charge in [-0.15, -0.1) is 11.3 Å². The van der Waals surface area contributed by atoms with Gasteiger partial charge in [-0.25, -0.2) is 19.6 Å². The molecule has 0 atom stereocenters. The first-order valence-corrected chi connectivity index (χ1v) is 9.89. The number of anilines is 1. The zero-order valence-electron chi connectivity index (χ0n) is 16.1. The Morgan fingerprint density at radius 1 is 1.04 bits per heavy atom. The van der Waals surface area contributed by atoms with Gasteiger partial charge in [-0.1, -0.05) is 0 Å². The SMILES string of the molecule is CCOC(=O)c1sc2nc(C)nc(N3CCN(C(=O)OCC)CC3)c2c1C. The van der Waals surface area contributed by atoms with Gasteiger partial charge in [-0.3, -0.25) is 0 Å². The van der Waals surface area contributed by atoms with Crippen molar-refractivity contribution in [3.8, 4) is 0 Å². The molecule has 2 aromatic heterocycles. The minimum atomic E-state index is -0.325. The Bertz CT molecular complexity index is 859. The van der Waals surface area contributed by atoms with E-state index in [0.717, 1.165) is 21.6 Å². The van der Waals surface area contributed by atoms with Crippen molar-refractivity contribution in [3.05, 3.63) is 16.3 Å². The molecule has 2 aromatic rings. The Hall–Kier alpha value is -2.42. The van der Waals surface area contributed by atoms with Crippen LogP contribution in [-0.2, 0) is 9.47 Å². The fourth-order valence-corrected chi connectivity index (χ4v) is 4.27. The number of thiophene rings is 1. The van der Waals surface area contributed by atoms with Crippen molar-refractivity contribution < 1.29 is 19.1 Å². The van der Waals surface area contributed by atoms with E-state index in [4.69, 9.17) is 9.47 Å². The highest BCUT2D eigenvalue weighted by atomic mass is 32.1. The number of aromatic nitrogens is 2. The summed E-state index contributed by atoms with van der Waals surface area (Å²) in [5, 5.41) is 0.887. The van der Waals surface area contributed by atoms with Gasteiger partial charge >= 0.3 is 12.1 Å². The van der Waals surface area contributed by atoms with Gasteiger partial charge in [-0.2, -0.15) is 0 Å². The summed E-state index contributed by atoms with van der Waals surface area (Å²) in [4.78, 5) is 38.5. The van der Waals surface area contributed by atoms with E-state index in [1.807, 2.05) is 13.8 Å². The average Bonchev–Trinajstić information content (AvgIpc) is 2.98. The van der Waals surface area contributed by atoms with Crippen LogP contribution in [0.15, 0.2) is 0 Å². The summed E-state index contributed by atoms with van der Waals surface area (Å²) in [6, 6.07) is 0. The summed E-state index contributed by atoms with van der Waals surface area (Å²) >= 11 is 1.34. The van der Waals surface area contributed by atoms with Crippen LogP contribution in [-0.4, -0.2) is 66.3 Å². The predicted octanol–water partition coefficient (Wildman–Crippen LogP) is 2.76. The number of amides is 1. The fraction of sp³-hybridized carbons (Fsp3) is 0.556. The first-order valence-electron chi connectivity index (χ1n) is 9.07. The van der Waals surface area contributed by atoms with Gasteiger partial charge < -0.3 is 19.3 Å². The number of esters is 1. The Labute approximate surface area is 162 Å². The Kier molecular flexibility index (Phi) is 5.79. The van der Waals surface area contributed by atoms with Crippen molar-refractivity contribution in [2.75, 3.05) is 44.3 Å². The van der Waals surface area contributed by atoms with Gasteiger partial charge in [0.15, 0.2) is 0 Å². The molecule has 0 aliphatic carbocycles. The zero-order chi connectivity index (χ0) is 19.6. The normalized spacial score (nSPS) is 14.5. The summed E-state index contributed by atoms with van der Waals surface area (Å²) in [5.74, 6) is 1.14. The van der Waals surface area contributed by atoms with Crippen LogP contribution in [0, 0.1) is 13.8 Å². The van der Waals surface area contributed by atoms with Crippen molar-refractivity contribution in [1.29, 1.82) is 0 Å². The number of carbonyl (C=O) groups excluding carboxylic acids is 2. The number of rotatable bonds is 4. The van der Waals surface area contributed by atoms with Crippen LogP contribution >= 0.6 is 11.3 Å². The van der Waals surface area contributed by atoms with Crippen molar-refractivity contribution in [3.63, 3.8) is 0 Å². The van der Waals surface area contributed by atoms with Crippen LogP contribution in [0.4, 0.5) is 10.6 Å². The molecule has 0 aromatic carbocycles. The number of hydrogen-bond donors (Lipinski definition) is 0. The highest BCUT2D eigenvalue weighted by Gasteiger charge is 2.27. The van der Waals surface area contributed by atoms with E-state index >= 15 is 0 Å². The Morgan fingerprint density at radius 3 is 2.33 bits per heavy atom. The molecule has 1 fully saturated rings. The molecule has 27 heavy (non-hydrogen) atoms. The Morgan fingerprint density at radius 2 is 1.70 bits per heavy atom.